The number of hydrogen-bond donors (Lipinski definition) is 1. The Kier molecular flexibility index (Phi) is 4.84. The van der Waals surface area contributed by atoms with E-state index in [1.807, 2.05) is 19.2 Å². The van der Waals surface area contributed by atoms with E-state index >= 15 is 0 Å². The minimum atomic E-state index is 0.571. The molecule has 94 valence electrons. The lowest BCUT2D eigenvalue weighted by Crippen LogP contribution is -2.28. The van der Waals surface area contributed by atoms with Crippen molar-refractivity contribution in [2.75, 3.05) is 26.8 Å². The van der Waals surface area contributed by atoms with Crippen LogP contribution < -0.4 is 5.32 Å². The van der Waals surface area contributed by atoms with Crippen molar-refractivity contribution in [3.05, 3.63) is 34.9 Å². The Morgan fingerprint density at radius 3 is 2.53 bits per heavy atom. The smallest absolute Gasteiger partial charge is 0.0468 e. The SMILES string of the molecule is CNCC(c1ccc(Cl)cc1)C1CCOCC1. The highest BCUT2D eigenvalue weighted by Crippen LogP contribution is 2.32. The average Bonchev–Trinajstić information content (AvgIpc) is 2.38. The number of ether oxygens (including phenoxy) is 1. The van der Waals surface area contributed by atoms with Gasteiger partial charge < -0.3 is 10.1 Å². The highest BCUT2D eigenvalue weighted by molar-refractivity contribution is 6.30. The molecule has 1 aliphatic rings. The molecule has 1 aromatic rings. The maximum absolute atomic E-state index is 5.94. The zero-order valence-corrected chi connectivity index (χ0v) is 11.0. The van der Waals surface area contributed by atoms with Crippen LogP contribution in [0.15, 0.2) is 24.3 Å². The molecule has 0 aliphatic carbocycles. The van der Waals surface area contributed by atoms with E-state index in [4.69, 9.17) is 16.3 Å². The van der Waals surface area contributed by atoms with Gasteiger partial charge in [0.25, 0.3) is 0 Å². The topological polar surface area (TPSA) is 21.3 Å². The van der Waals surface area contributed by atoms with Gasteiger partial charge in [-0.05, 0) is 49.4 Å². The molecule has 3 heteroatoms. The van der Waals surface area contributed by atoms with Crippen LogP contribution in [-0.4, -0.2) is 26.8 Å². The maximum atomic E-state index is 5.94. The molecule has 1 aliphatic heterocycles. The fourth-order valence-electron chi connectivity index (χ4n) is 2.60. The predicted molar refractivity (Wildman–Crippen MR) is 71.7 cm³/mol. The van der Waals surface area contributed by atoms with Gasteiger partial charge in [-0.25, -0.2) is 0 Å². The first-order valence-corrected chi connectivity index (χ1v) is 6.67. The lowest BCUT2D eigenvalue weighted by Gasteiger charge is -2.30. The van der Waals surface area contributed by atoms with Gasteiger partial charge in [-0.15, -0.1) is 0 Å². The largest absolute Gasteiger partial charge is 0.381 e. The third-order valence-corrected chi connectivity index (χ3v) is 3.81. The van der Waals surface area contributed by atoms with E-state index in [1.165, 1.54) is 5.56 Å². The van der Waals surface area contributed by atoms with Crippen LogP contribution in [0.1, 0.15) is 24.3 Å². The quantitative estimate of drug-likeness (QED) is 0.891. The molecule has 0 radical (unpaired) electrons. The lowest BCUT2D eigenvalue weighted by atomic mass is 9.81. The number of likely N-dealkylation sites (N-methyl/N-ethyl adjacent to an activating group) is 1. The number of hydrogen-bond acceptors (Lipinski definition) is 2. The van der Waals surface area contributed by atoms with Crippen LogP contribution >= 0.6 is 11.6 Å². The molecule has 1 saturated heterocycles. The molecule has 17 heavy (non-hydrogen) atoms. The third-order valence-electron chi connectivity index (χ3n) is 3.56. The first-order chi connectivity index (χ1) is 8.31. The van der Waals surface area contributed by atoms with Crippen molar-refractivity contribution < 1.29 is 4.74 Å². The van der Waals surface area contributed by atoms with Crippen LogP contribution in [0.3, 0.4) is 0 Å². The fraction of sp³-hybridized carbons (Fsp3) is 0.571. The summed E-state index contributed by atoms with van der Waals surface area (Å²) in [6, 6.07) is 8.28. The second-order valence-corrected chi connectivity index (χ2v) is 5.10. The first-order valence-electron chi connectivity index (χ1n) is 6.29. The van der Waals surface area contributed by atoms with Crippen molar-refractivity contribution in [1.29, 1.82) is 0 Å². The molecule has 0 amide bonds. The van der Waals surface area contributed by atoms with Crippen LogP contribution in [-0.2, 0) is 4.74 Å². The maximum Gasteiger partial charge on any atom is 0.0468 e. The fourth-order valence-corrected chi connectivity index (χ4v) is 2.73. The lowest BCUT2D eigenvalue weighted by molar-refractivity contribution is 0.0579. The summed E-state index contributed by atoms with van der Waals surface area (Å²) in [5.41, 5.74) is 1.38. The van der Waals surface area contributed by atoms with Crippen LogP contribution in [0.25, 0.3) is 0 Å². The van der Waals surface area contributed by atoms with E-state index in [0.717, 1.165) is 43.5 Å². The minimum Gasteiger partial charge on any atom is -0.381 e. The van der Waals surface area contributed by atoms with Crippen LogP contribution in [0.2, 0.25) is 5.02 Å². The van der Waals surface area contributed by atoms with E-state index in [-0.39, 0.29) is 0 Å². The van der Waals surface area contributed by atoms with Gasteiger partial charge in [0.15, 0.2) is 0 Å². The van der Waals surface area contributed by atoms with Crippen molar-refractivity contribution in [3.8, 4) is 0 Å². The van der Waals surface area contributed by atoms with Gasteiger partial charge in [-0.3, -0.25) is 0 Å². The summed E-state index contributed by atoms with van der Waals surface area (Å²) in [6.07, 6.45) is 2.32. The Morgan fingerprint density at radius 2 is 1.94 bits per heavy atom. The Balaban J connectivity index is 2.12. The molecule has 0 saturated carbocycles. The molecule has 0 bridgehead atoms. The molecular formula is C14H20ClNO. The van der Waals surface area contributed by atoms with Gasteiger partial charge in [-0.2, -0.15) is 0 Å². The monoisotopic (exact) mass is 253 g/mol. The van der Waals surface area contributed by atoms with Gasteiger partial charge in [0, 0.05) is 24.8 Å². The van der Waals surface area contributed by atoms with Crippen LogP contribution in [0.5, 0.6) is 0 Å². The standard InChI is InChI=1S/C14H20ClNO/c1-16-10-14(12-6-8-17-9-7-12)11-2-4-13(15)5-3-11/h2-5,12,14,16H,6-10H2,1H3. The molecule has 1 unspecified atom stereocenters. The van der Waals surface area contributed by atoms with Crippen molar-refractivity contribution in [2.45, 2.75) is 18.8 Å². The highest BCUT2D eigenvalue weighted by Gasteiger charge is 2.24. The minimum absolute atomic E-state index is 0.571. The Bertz CT molecular complexity index is 333. The van der Waals surface area contributed by atoms with Gasteiger partial charge in [0.1, 0.15) is 0 Å². The summed E-state index contributed by atoms with van der Waals surface area (Å²) in [5, 5.41) is 4.11. The van der Waals surface area contributed by atoms with Crippen molar-refractivity contribution >= 4 is 11.6 Å². The molecule has 0 aromatic heterocycles. The molecule has 0 spiro atoms. The second kappa shape index (κ2) is 6.39. The van der Waals surface area contributed by atoms with Crippen molar-refractivity contribution in [2.24, 2.45) is 5.92 Å². The van der Waals surface area contributed by atoms with Crippen LogP contribution in [0, 0.1) is 5.92 Å². The van der Waals surface area contributed by atoms with Crippen molar-refractivity contribution in [1.82, 2.24) is 5.32 Å². The summed E-state index contributed by atoms with van der Waals surface area (Å²) in [6.45, 7) is 2.82. The zero-order chi connectivity index (χ0) is 12.1. The molecule has 1 fully saturated rings. The Hall–Kier alpha value is -0.570. The van der Waals surface area contributed by atoms with Gasteiger partial charge >= 0.3 is 0 Å². The molecule has 1 aromatic carbocycles. The van der Waals surface area contributed by atoms with Gasteiger partial charge in [0.2, 0.25) is 0 Å². The molecular weight excluding hydrogens is 234 g/mol. The molecule has 2 rings (SSSR count). The number of benzene rings is 1. The zero-order valence-electron chi connectivity index (χ0n) is 10.3. The van der Waals surface area contributed by atoms with E-state index in [9.17, 15) is 0 Å². The second-order valence-electron chi connectivity index (χ2n) is 4.67. The number of halogens is 1. The summed E-state index contributed by atoms with van der Waals surface area (Å²) in [4.78, 5) is 0. The van der Waals surface area contributed by atoms with E-state index < -0.39 is 0 Å². The number of nitrogens with one attached hydrogen (secondary N) is 1. The van der Waals surface area contributed by atoms with Gasteiger partial charge in [0.05, 0.1) is 0 Å². The van der Waals surface area contributed by atoms with E-state index in [1.54, 1.807) is 0 Å². The molecule has 1 N–H and O–H groups in total. The van der Waals surface area contributed by atoms with Gasteiger partial charge in [-0.1, -0.05) is 23.7 Å². The predicted octanol–water partition coefficient (Wildman–Crippen LogP) is 3.07. The van der Waals surface area contributed by atoms with E-state index in [2.05, 4.69) is 17.4 Å². The third kappa shape index (κ3) is 3.44. The normalized spacial score (nSPS) is 19.2. The van der Waals surface area contributed by atoms with E-state index in [0.29, 0.717) is 5.92 Å². The molecule has 2 nitrogen and oxygen atoms in total. The Morgan fingerprint density at radius 1 is 1.29 bits per heavy atom. The highest BCUT2D eigenvalue weighted by atomic mass is 35.5. The van der Waals surface area contributed by atoms with Crippen molar-refractivity contribution in [3.63, 3.8) is 0 Å². The summed E-state index contributed by atoms with van der Waals surface area (Å²) in [7, 11) is 2.02. The number of rotatable bonds is 4. The Labute approximate surface area is 108 Å². The van der Waals surface area contributed by atoms with Crippen LogP contribution in [0.4, 0.5) is 0 Å². The summed E-state index contributed by atoms with van der Waals surface area (Å²) < 4.78 is 5.44. The molecule has 1 heterocycles. The summed E-state index contributed by atoms with van der Waals surface area (Å²) >= 11 is 5.94. The first kappa shape index (κ1) is 12.9. The summed E-state index contributed by atoms with van der Waals surface area (Å²) in [5.74, 6) is 1.29. The average molecular weight is 254 g/mol. The molecule has 1 atom stereocenters.